The molecule has 0 spiro atoms. The minimum absolute atomic E-state index is 0.0296. The highest BCUT2D eigenvalue weighted by Gasteiger charge is 2.42. The predicted octanol–water partition coefficient (Wildman–Crippen LogP) is 7.99. The van der Waals surface area contributed by atoms with Crippen LogP contribution in [-0.2, 0) is 14.8 Å². The molecule has 2 saturated heterocycles. The molecule has 3 fully saturated rings. The average Bonchev–Trinajstić information content (AvgIpc) is 3.75. The van der Waals surface area contributed by atoms with Crippen LogP contribution in [0.5, 0.6) is 11.5 Å². The summed E-state index contributed by atoms with van der Waals surface area (Å²) in [4.78, 5) is 37.2. The number of hydrogen-bond acceptors (Lipinski definition) is 11. The summed E-state index contributed by atoms with van der Waals surface area (Å²) >= 11 is 6.26. The Kier molecular flexibility index (Phi) is 11.7. The Hall–Kier alpha value is -5.48. The number of carbonyl (C=O) groups is 1. The van der Waals surface area contributed by atoms with E-state index in [1.54, 1.807) is 30.5 Å². The summed E-state index contributed by atoms with van der Waals surface area (Å²) in [5.41, 5.74) is 2.60. The first-order chi connectivity index (χ1) is 29.6. The van der Waals surface area contributed by atoms with Crippen LogP contribution in [-0.4, -0.2) is 86.6 Å². The fourth-order valence-electron chi connectivity index (χ4n) is 9.52. The number of nitro groups is 1. The van der Waals surface area contributed by atoms with Crippen LogP contribution >= 0.6 is 11.6 Å². The summed E-state index contributed by atoms with van der Waals surface area (Å²) in [6.45, 7) is 5.94. The van der Waals surface area contributed by atoms with Crippen LogP contribution in [0.3, 0.4) is 0 Å². The lowest BCUT2D eigenvalue weighted by Crippen LogP contribution is -2.50. The van der Waals surface area contributed by atoms with E-state index in [4.69, 9.17) is 21.1 Å². The summed E-state index contributed by atoms with van der Waals surface area (Å²) in [5.74, 6) is 1.87. The number of pyridine rings is 1. The van der Waals surface area contributed by atoms with Gasteiger partial charge >= 0.3 is 0 Å². The van der Waals surface area contributed by atoms with Gasteiger partial charge in [0.1, 0.15) is 22.8 Å². The highest BCUT2D eigenvalue weighted by Crippen LogP contribution is 2.50. The fourth-order valence-corrected chi connectivity index (χ4v) is 10.6. The summed E-state index contributed by atoms with van der Waals surface area (Å²) < 4.78 is 41.2. The van der Waals surface area contributed by atoms with Gasteiger partial charge in [0.05, 0.1) is 21.6 Å². The van der Waals surface area contributed by atoms with Crippen molar-refractivity contribution in [1.82, 2.24) is 19.6 Å². The molecular weight excluding hydrogens is 818 g/mol. The Balaban J connectivity index is 0.920. The molecule has 5 aliphatic rings. The number of halogens is 1. The van der Waals surface area contributed by atoms with Gasteiger partial charge in [0.25, 0.3) is 21.6 Å². The Morgan fingerprint density at radius 1 is 0.951 bits per heavy atom. The van der Waals surface area contributed by atoms with Crippen molar-refractivity contribution in [2.24, 2.45) is 23.7 Å². The maximum atomic E-state index is 13.9. The van der Waals surface area contributed by atoms with Crippen LogP contribution in [0, 0.1) is 33.8 Å². The number of benzene rings is 3. The second-order valence-electron chi connectivity index (χ2n) is 16.5. The molecule has 14 nitrogen and oxygen atoms in total. The molecule has 1 amide bonds. The van der Waals surface area contributed by atoms with Crippen LogP contribution in [0.15, 0.2) is 102 Å². The van der Waals surface area contributed by atoms with Crippen LogP contribution in [0.25, 0.3) is 11.0 Å². The number of sulfonamides is 1. The van der Waals surface area contributed by atoms with Gasteiger partial charge in [-0.05, 0) is 109 Å². The maximum Gasteiger partial charge on any atom is 0.293 e. The standard InChI is InChI=1S/C45H48ClN7O7S/c46-34-7-5-32(6-8-34)43-31-3-1-30(2-4-31)39(43)28-51-17-19-52(20-18-51)35-9-11-38(42(24-35)60-36-23-33-13-16-47-44(33)49-27-36)45(54)50-61(57,58)37-10-12-40(41(25-37)53(55)56)48-26-29-14-21-59-22-15-29/h1,3,5-13,16,23-25,27,29-31,39,43,48H,2,4,14-15,17-22,26,28H2,(H,47,49)(H,50,54)/t30-,31+,39+,43-/m0/s1. The number of carbonyl (C=O) groups excluding carboxylic acids is 1. The molecule has 3 N–H and O–H groups in total. The first-order valence-electron chi connectivity index (χ1n) is 20.9. The molecular formula is C45H48ClN7O7S. The lowest BCUT2D eigenvalue weighted by atomic mass is 9.60. The van der Waals surface area contributed by atoms with E-state index in [1.165, 1.54) is 36.7 Å². The largest absolute Gasteiger partial charge is 0.455 e. The number of hydrogen-bond donors (Lipinski definition) is 3. The van der Waals surface area contributed by atoms with Crippen LogP contribution in [0.4, 0.5) is 17.1 Å². The number of nitro benzene ring substituents is 1. The molecule has 10 rings (SSSR count). The topological polar surface area (TPSA) is 172 Å². The van der Waals surface area contributed by atoms with E-state index in [1.807, 2.05) is 18.2 Å². The minimum Gasteiger partial charge on any atom is -0.455 e. The monoisotopic (exact) mass is 865 g/mol. The number of nitrogens with one attached hydrogen (secondary N) is 3. The predicted molar refractivity (Wildman–Crippen MR) is 234 cm³/mol. The molecule has 3 aromatic carbocycles. The molecule has 16 heteroatoms. The molecule has 3 aliphatic carbocycles. The summed E-state index contributed by atoms with van der Waals surface area (Å²) in [7, 11) is -4.55. The smallest absolute Gasteiger partial charge is 0.293 e. The van der Waals surface area contributed by atoms with Gasteiger partial charge in [-0.15, -0.1) is 0 Å². The number of aromatic amines is 1. The number of amides is 1. The van der Waals surface area contributed by atoms with Crippen molar-refractivity contribution in [3.8, 4) is 11.5 Å². The maximum absolute atomic E-state index is 13.9. The lowest BCUT2D eigenvalue weighted by molar-refractivity contribution is -0.384. The van der Waals surface area contributed by atoms with Crippen LogP contribution in [0.1, 0.15) is 47.5 Å². The van der Waals surface area contributed by atoms with Crippen molar-refractivity contribution in [2.75, 3.05) is 62.7 Å². The Morgan fingerprint density at radius 3 is 2.48 bits per heavy atom. The van der Waals surface area contributed by atoms with E-state index in [0.29, 0.717) is 54.8 Å². The zero-order chi connectivity index (χ0) is 42.1. The van der Waals surface area contributed by atoms with E-state index >= 15 is 0 Å². The van der Waals surface area contributed by atoms with E-state index in [0.717, 1.165) is 67.7 Å². The Morgan fingerprint density at radius 2 is 1.72 bits per heavy atom. The second kappa shape index (κ2) is 17.5. The SMILES string of the molecule is O=C(NS(=O)(=O)c1ccc(NCC2CCOCC2)c([N+](=O)[O-])c1)c1ccc(N2CCN(C[C@H]3[C@H](c4ccc(Cl)cc4)[C@@H]4C=C[C@H]3CC4)CC2)cc1Oc1cnc2[nH]ccc2c1. The van der Waals surface area contributed by atoms with Crippen molar-refractivity contribution >= 4 is 55.6 Å². The minimum atomic E-state index is -4.55. The third kappa shape index (κ3) is 8.96. The Bertz CT molecular complexity index is 2550. The zero-order valence-corrected chi connectivity index (χ0v) is 35.1. The third-order valence-corrected chi connectivity index (χ3v) is 14.4. The van der Waals surface area contributed by atoms with Gasteiger partial charge in [0.15, 0.2) is 0 Å². The van der Waals surface area contributed by atoms with Gasteiger partial charge in [0, 0.05) is 86.9 Å². The molecule has 61 heavy (non-hydrogen) atoms. The molecule has 4 heterocycles. The number of fused-ring (bicyclic) bond motifs is 3. The number of H-pyrrole nitrogens is 1. The van der Waals surface area contributed by atoms with Crippen LogP contribution in [0.2, 0.25) is 5.02 Å². The van der Waals surface area contributed by atoms with E-state index in [2.05, 4.69) is 54.1 Å². The number of anilines is 2. The number of allylic oxidation sites excluding steroid dienone is 2. The van der Waals surface area contributed by atoms with Crippen molar-refractivity contribution < 1.29 is 27.6 Å². The van der Waals surface area contributed by atoms with Crippen molar-refractivity contribution in [3.05, 3.63) is 124 Å². The molecule has 4 atom stereocenters. The summed E-state index contributed by atoms with van der Waals surface area (Å²) in [6.07, 6.45) is 12.2. The van der Waals surface area contributed by atoms with Gasteiger partial charge in [-0.25, -0.2) is 18.1 Å². The van der Waals surface area contributed by atoms with E-state index < -0.39 is 31.4 Å². The van der Waals surface area contributed by atoms with Gasteiger partial charge in [0.2, 0.25) is 0 Å². The van der Waals surface area contributed by atoms with E-state index in [-0.39, 0.29) is 22.9 Å². The number of piperazine rings is 1. The molecule has 0 radical (unpaired) electrons. The molecule has 318 valence electrons. The molecule has 2 aromatic heterocycles. The highest BCUT2D eigenvalue weighted by atomic mass is 35.5. The van der Waals surface area contributed by atoms with Gasteiger partial charge in [-0.2, -0.15) is 0 Å². The molecule has 2 bridgehead atoms. The average molecular weight is 866 g/mol. The normalized spacial score (nSPS) is 22.0. The van der Waals surface area contributed by atoms with Crippen molar-refractivity contribution in [3.63, 3.8) is 0 Å². The van der Waals surface area contributed by atoms with Gasteiger partial charge in [-0.1, -0.05) is 35.9 Å². The lowest BCUT2D eigenvalue weighted by Gasteiger charge is -2.48. The zero-order valence-electron chi connectivity index (χ0n) is 33.5. The third-order valence-electron chi connectivity index (χ3n) is 12.8. The second-order valence-corrected chi connectivity index (χ2v) is 18.6. The molecule has 5 aromatic rings. The first kappa shape index (κ1) is 40.9. The quantitative estimate of drug-likeness (QED) is 0.0595. The van der Waals surface area contributed by atoms with Crippen molar-refractivity contribution in [2.45, 2.75) is 36.5 Å². The Labute approximate surface area is 359 Å². The number of ether oxygens (including phenoxy) is 2. The fraction of sp³-hybridized carbons (Fsp3) is 0.378. The molecule has 0 unspecified atom stereocenters. The van der Waals surface area contributed by atoms with Gasteiger partial charge < -0.3 is 24.7 Å². The summed E-state index contributed by atoms with van der Waals surface area (Å²) in [5, 5.41) is 16.7. The van der Waals surface area contributed by atoms with Gasteiger partial charge in [-0.3, -0.25) is 19.8 Å². The number of aromatic nitrogens is 2. The van der Waals surface area contributed by atoms with E-state index in [9.17, 15) is 23.3 Å². The summed E-state index contributed by atoms with van der Waals surface area (Å²) in [6, 6.07) is 20.7. The number of rotatable bonds is 13. The van der Waals surface area contributed by atoms with Crippen molar-refractivity contribution in [1.29, 1.82) is 0 Å². The first-order valence-corrected chi connectivity index (χ1v) is 22.8. The highest BCUT2D eigenvalue weighted by molar-refractivity contribution is 7.90. The van der Waals surface area contributed by atoms with Crippen LogP contribution < -0.4 is 19.7 Å². The molecule has 1 saturated carbocycles. The number of nitrogens with zero attached hydrogens (tertiary/aromatic N) is 4. The molecule has 2 aliphatic heterocycles.